The van der Waals surface area contributed by atoms with Crippen LogP contribution < -0.4 is 5.73 Å². The van der Waals surface area contributed by atoms with E-state index in [0.29, 0.717) is 6.42 Å². The van der Waals surface area contributed by atoms with Crippen LogP contribution in [0.15, 0.2) is 0 Å². The first-order valence-electron chi connectivity index (χ1n) is 6.67. The predicted molar refractivity (Wildman–Crippen MR) is 74.6 cm³/mol. The topological polar surface area (TPSA) is 63.3 Å². The van der Waals surface area contributed by atoms with Crippen molar-refractivity contribution in [2.24, 2.45) is 5.73 Å². The van der Waals surface area contributed by atoms with Gasteiger partial charge in [-0.2, -0.15) is 0 Å². The molecule has 0 unspecified atom stereocenters. The molecule has 0 radical (unpaired) electrons. The molecular formula is C13H28NNaO2. The fraction of sp³-hybridized carbons (Fsp3) is 0.923. The van der Waals surface area contributed by atoms with Crippen molar-refractivity contribution >= 4 is 35.5 Å². The van der Waals surface area contributed by atoms with Crippen molar-refractivity contribution < 1.29 is 9.90 Å². The molecule has 0 bridgehead atoms. The Bertz CT molecular complexity index is 177. The average molecular weight is 253 g/mol. The summed E-state index contributed by atoms with van der Waals surface area (Å²) in [6.07, 6.45) is 11.9. The minimum atomic E-state index is -0.875. The summed E-state index contributed by atoms with van der Waals surface area (Å²) in [4.78, 5) is 10.4. The minimum absolute atomic E-state index is 0. The van der Waals surface area contributed by atoms with Crippen molar-refractivity contribution in [1.29, 1.82) is 0 Å². The predicted octanol–water partition coefficient (Wildman–Crippen LogP) is 2.67. The number of carboxylic acids is 1. The van der Waals surface area contributed by atoms with Gasteiger partial charge in [0.2, 0.25) is 0 Å². The van der Waals surface area contributed by atoms with Gasteiger partial charge in [-0.15, -0.1) is 0 Å². The van der Waals surface area contributed by atoms with Crippen LogP contribution in [0.5, 0.6) is 0 Å². The first kappa shape index (κ1) is 19.8. The molecule has 3 nitrogen and oxygen atoms in total. The van der Waals surface area contributed by atoms with E-state index in [-0.39, 0.29) is 29.6 Å². The second kappa shape index (κ2) is 14.5. The molecule has 0 aromatic rings. The number of hydrogen-bond acceptors (Lipinski definition) is 2. The SMILES string of the molecule is CCCCCCCCCCC[C@H](N)C(=O)O.[NaH]. The van der Waals surface area contributed by atoms with E-state index in [2.05, 4.69) is 6.92 Å². The van der Waals surface area contributed by atoms with Crippen LogP contribution in [-0.4, -0.2) is 46.7 Å². The van der Waals surface area contributed by atoms with E-state index in [0.717, 1.165) is 12.8 Å². The van der Waals surface area contributed by atoms with Crippen LogP contribution in [0.4, 0.5) is 0 Å². The molecular weight excluding hydrogens is 225 g/mol. The van der Waals surface area contributed by atoms with Crippen molar-refractivity contribution in [3.05, 3.63) is 0 Å². The van der Waals surface area contributed by atoms with Crippen LogP contribution in [0.3, 0.4) is 0 Å². The Morgan fingerprint density at radius 2 is 1.41 bits per heavy atom. The molecule has 0 amide bonds. The number of carbonyl (C=O) groups is 1. The second-order valence-electron chi connectivity index (χ2n) is 4.56. The average Bonchev–Trinajstić information content (AvgIpc) is 2.26. The molecule has 0 heterocycles. The number of unbranched alkanes of at least 4 members (excludes halogenated alkanes) is 8. The standard InChI is InChI=1S/C13H27NO2.Na.H/c1-2-3-4-5-6-7-8-9-10-11-12(14)13(15)16;;/h12H,2-11,14H2,1H3,(H,15,16);;/t12-;;/m0../s1. The molecule has 4 heteroatoms. The van der Waals surface area contributed by atoms with E-state index < -0.39 is 12.0 Å². The molecule has 98 valence electrons. The fourth-order valence-corrected chi connectivity index (χ4v) is 1.80. The summed E-state index contributed by atoms with van der Waals surface area (Å²) >= 11 is 0. The first-order chi connectivity index (χ1) is 7.68. The zero-order chi connectivity index (χ0) is 12.2. The molecule has 0 rings (SSSR count). The summed E-state index contributed by atoms with van der Waals surface area (Å²) in [7, 11) is 0. The number of hydrogen-bond donors (Lipinski definition) is 2. The number of nitrogens with two attached hydrogens (primary N) is 1. The van der Waals surface area contributed by atoms with E-state index in [4.69, 9.17) is 10.8 Å². The van der Waals surface area contributed by atoms with Gasteiger partial charge in [-0.1, -0.05) is 64.7 Å². The number of carboxylic acid groups (broad SMARTS) is 1. The molecule has 0 aliphatic heterocycles. The quantitative estimate of drug-likeness (QED) is 0.439. The van der Waals surface area contributed by atoms with Gasteiger partial charge >= 0.3 is 35.5 Å². The van der Waals surface area contributed by atoms with E-state index in [9.17, 15) is 4.79 Å². The molecule has 0 aliphatic rings. The van der Waals surface area contributed by atoms with E-state index in [1.54, 1.807) is 0 Å². The van der Waals surface area contributed by atoms with Crippen LogP contribution in [0.2, 0.25) is 0 Å². The maximum absolute atomic E-state index is 10.4. The Hall–Kier alpha value is 0.430. The molecule has 1 atom stereocenters. The summed E-state index contributed by atoms with van der Waals surface area (Å²) in [5.41, 5.74) is 5.41. The molecule has 0 saturated carbocycles. The number of aliphatic carboxylic acids is 1. The van der Waals surface area contributed by atoms with Crippen molar-refractivity contribution in [2.75, 3.05) is 0 Å². The molecule has 0 spiro atoms. The third kappa shape index (κ3) is 14.4. The summed E-state index contributed by atoms with van der Waals surface area (Å²) in [6.45, 7) is 2.23. The summed E-state index contributed by atoms with van der Waals surface area (Å²) < 4.78 is 0. The van der Waals surface area contributed by atoms with Gasteiger partial charge < -0.3 is 10.8 Å². The Labute approximate surface area is 128 Å². The van der Waals surface area contributed by atoms with Gasteiger partial charge in [0.1, 0.15) is 6.04 Å². The van der Waals surface area contributed by atoms with Crippen LogP contribution in [0.25, 0.3) is 0 Å². The van der Waals surface area contributed by atoms with Crippen molar-refractivity contribution in [3.63, 3.8) is 0 Å². The molecule has 17 heavy (non-hydrogen) atoms. The van der Waals surface area contributed by atoms with Crippen molar-refractivity contribution in [1.82, 2.24) is 0 Å². The van der Waals surface area contributed by atoms with Crippen LogP contribution >= 0.6 is 0 Å². The van der Waals surface area contributed by atoms with Gasteiger partial charge in [0.15, 0.2) is 0 Å². The normalized spacial score (nSPS) is 11.9. The van der Waals surface area contributed by atoms with E-state index in [1.165, 1.54) is 44.9 Å². The van der Waals surface area contributed by atoms with Gasteiger partial charge in [-0.25, -0.2) is 0 Å². The van der Waals surface area contributed by atoms with E-state index >= 15 is 0 Å². The molecule has 3 N–H and O–H groups in total. The van der Waals surface area contributed by atoms with Crippen molar-refractivity contribution in [2.45, 2.75) is 77.2 Å². The zero-order valence-electron chi connectivity index (χ0n) is 10.6. The fourth-order valence-electron chi connectivity index (χ4n) is 1.80. The summed E-state index contributed by atoms with van der Waals surface area (Å²) in [5.74, 6) is -0.875. The molecule has 0 aromatic heterocycles. The molecule has 0 fully saturated rings. The monoisotopic (exact) mass is 253 g/mol. The first-order valence-corrected chi connectivity index (χ1v) is 6.67. The zero-order valence-corrected chi connectivity index (χ0v) is 10.6. The molecule has 0 saturated heterocycles. The van der Waals surface area contributed by atoms with Crippen molar-refractivity contribution in [3.8, 4) is 0 Å². The van der Waals surface area contributed by atoms with Gasteiger partial charge in [0.25, 0.3) is 0 Å². The number of rotatable bonds is 11. The summed E-state index contributed by atoms with van der Waals surface area (Å²) in [6, 6.07) is -0.662. The Morgan fingerprint density at radius 1 is 1.00 bits per heavy atom. The molecule has 0 aromatic carbocycles. The third-order valence-electron chi connectivity index (χ3n) is 2.94. The van der Waals surface area contributed by atoms with Gasteiger partial charge in [-0.05, 0) is 6.42 Å². The van der Waals surface area contributed by atoms with E-state index in [1.807, 2.05) is 0 Å². The Morgan fingerprint density at radius 3 is 1.82 bits per heavy atom. The summed E-state index contributed by atoms with van der Waals surface area (Å²) in [5, 5.41) is 8.58. The van der Waals surface area contributed by atoms with Crippen LogP contribution in [0, 0.1) is 0 Å². The van der Waals surface area contributed by atoms with Crippen LogP contribution in [0.1, 0.15) is 71.1 Å². The Kier molecular flexibility index (Phi) is 16.8. The molecule has 0 aliphatic carbocycles. The maximum atomic E-state index is 10.4. The third-order valence-corrected chi connectivity index (χ3v) is 2.94. The van der Waals surface area contributed by atoms with Gasteiger partial charge in [0.05, 0.1) is 0 Å². The van der Waals surface area contributed by atoms with Gasteiger partial charge in [-0.3, -0.25) is 4.79 Å². The second-order valence-corrected chi connectivity index (χ2v) is 4.56. The van der Waals surface area contributed by atoms with Crippen LogP contribution in [-0.2, 0) is 4.79 Å². The Balaban J connectivity index is 0. The van der Waals surface area contributed by atoms with Gasteiger partial charge in [0, 0.05) is 0 Å².